The number of aromatic nitrogens is 6. The van der Waals surface area contributed by atoms with Crippen LogP contribution in [0.25, 0.3) is 22.2 Å². The fourth-order valence-electron chi connectivity index (χ4n) is 3.21. The van der Waals surface area contributed by atoms with E-state index in [1.54, 1.807) is 6.20 Å². The van der Waals surface area contributed by atoms with Gasteiger partial charge >= 0.3 is 0 Å². The fourth-order valence-corrected chi connectivity index (χ4v) is 3.21. The molecule has 4 aromatic heterocycles. The number of pyridine rings is 1. The molecule has 27 heavy (non-hydrogen) atoms. The van der Waals surface area contributed by atoms with E-state index >= 15 is 0 Å². The van der Waals surface area contributed by atoms with Crippen LogP contribution in [-0.4, -0.2) is 30.1 Å². The van der Waals surface area contributed by atoms with Gasteiger partial charge in [0.25, 0.3) is 0 Å². The number of fused-ring (bicyclic) bond motifs is 1. The molecular weight excluding hydrogens is 340 g/mol. The summed E-state index contributed by atoms with van der Waals surface area (Å²) < 4.78 is 0. The number of nitrogens with two attached hydrogens (primary N) is 1. The van der Waals surface area contributed by atoms with Gasteiger partial charge in [0.2, 0.25) is 5.95 Å². The largest absolute Gasteiger partial charge is 0.383 e. The lowest BCUT2D eigenvalue weighted by Crippen LogP contribution is -2.12. The van der Waals surface area contributed by atoms with Gasteiger partial charge in [0, 0.05) is 29.4 Å². The van der Waals surface area contributed by atoms with Crippen molar-refractivity contribution >= 4 is 22.7 Å². The van der Waals surface area contributed by atoms with Crippen LogP contribution in [0, 0.1) is 0 Å². The normalized spacial score (nSPS) is 15.1. The highest BCUT2D eigenvalue weighted by Crippen LogP contribution is 2.40. The molecule has 0 spiro atoms. The van der Waals surface area contributed by atoms with Crippen molar-refractivity contribution in [3.05, 3.63) is 48.2 Å². The first-order valence-corrected chi connectivity index (χ1v) is 9.05. The Morgan fingerprint density at radius 1 is 1.22 bits per heavy atom. The zero-order chi connectivity index (χ0) is 18.4. The molecule has 0 aliphatic heterocycles. The van der Waals surface area contributed by atoms with E-state index in [4.69, 9.17) is 5.73 Å². The van der Waals surface area contributed by atoms with E-state index in [9.17, 15) is 0 Å². The van der Waals surface area contributed by atoms with E-state index in [-0.39, 0.29) is 6.04 Å². The lowest BCUT2D eigenvalue weighted by molar-refractivity contribution is 0.825. The topological polar surface area (TPSA) is 121 Å². The van der Waals surface area contributed by atoms with E-state index in [0.29, 0.717) is 17.7 Å². The van der Waals surface area contributed by atoms with Crippen molar-refractivity contribution in [2.24, 2.45) is 0 Å². The summed E-state index contributed by atoms with van der Waals surface area (Å²) in [5.41, 5.74) is 10.8. The van der Waals surface area contributed by atoms with Gasteiger partial charge in [0.1, 0.15) is 5.82 Å². The van der Waals surface area contributed by atoms with Gasteiger partial charge in [0.05, 0.1) is 34.7 Å². The summed E-state index contributed by atoms with van der Waals surface area (Å²) in [5, 5.41) is 11.8. The second-order valence-electron chi connectivity index (χ2n) is 7.02. The number of H-pyrrole nitrogens is 2. The second-order valence-corrected chi connectivity index (χ2v) is 7.02. The maximum atomic E-state index is 6.16. The molecule has 1 unspecified atom stereocenters. The average Bonchev–Trinajstić information content (AvgIpc) is 3.21. The van der Waals surface area contributed by atoms with Gasteiger partial charge in [-0.25, -0.2) is 4.98 Å². The van der Waals surface area contributed by atoms with E-state index < -0.39 is 0 Å². The highest BCUT2D eigenvalue weighted by molar-refractivity contribution is 5.78. The first kappa shape index (κ1) is 15.8. The van der Waals surface area contributed by atoms with Gasteiger partial charge < -0.3 is 16.0 Å². The maximum absolute atomic E-state index is 6.16. The molecule has 0 radical (unpaired) electrons. The molecule has 0 amide bonds. The van der Waals surface area contributed by atoms with Crippen LogP contribution in [0.2, 0.25) is 0 Å². The van der Waals surface area contributed by atoms with Gasteiger partial charge in [-0.15, -0.1) is 0 Å². The van der Waals surface area contributed by atoms with Crippen LogP contribution >= 0.6 is 0 Å². The summed E-state index contributed by atoms with van der Waals surface area (Å²) in [6.45, 7) is 2.02. The van der Waals surface area contributed by atoms with Crippen LogP contribution in [0.1, 0.15) is 43.1 Å². The predicted octanol–water partition coefficient (Wildman–Crippen LogP) is 3.38. The van der Waals surface area contributed by atoms with Crippen molar-refractivity contribution in [1.29, 1.82) is 0 Å². The summed E-state index contributed by atoms with van der Waals surface area (Å²) in [5.74, 6) is 1.49. The molecule has 1 aliphatic rings. The summed E-state index contributed by atoms with van der Waals surface area (Å²) >= 11 is 0. The Morgan fingerprint density at radius 2 is 2.11 bits per heavy atom. The van der Waals surface area contributed by atoms with Crippen LogP contribution in [0.4, 0.5) is 11.8 Å². The Hall–Kier alpha value is -3.42. The van der Waals surface area contributed by atoms with E-state index in [2.05, 4.69) is 35.5 Å². The summed E-state index contributed by atoms with van der Waals surface area (Å²) in [6.07, 6.45) is 7.89. The third-order valence-corrected chi connectivity index (χ3v) is 4.96. The Labute approximate surface area is 155 Å². The van der Waals surface area contributed by atoms with E-state index in [1.807, 2.05) is 37.5 Å². The highest BCUT2D eigenvalue weighted by atomic mass is 15.2. The quantitative estimate of drug-likeness (QED) is 0.433. The molecule has 8 nitrogen and oxygen atoms in total. The number of nitrogens with one attached hydrogen (secondary N) is 3. The molecule has 1 aliphatic carbocycles. The highest BCUT2D eigenvalue weighted by Gasteiger charge is 2.26. The van der Waals surface area contributed by atoms with Gasteiger partial charge in [-0.2, -0.15) is 10.1 Å². The smallest absolute Gasteiger partial charge is 0.225 e. The van der Waals surface area contributed by atoms with Crippen molar-refractivity contribution in [3.8, 4) is 11.3 Å². The SMILES string of the molecule is CC(Nc1ncc(-c2cc(C3CC3)[nH]n2)c(N)n1)c1cc2cc[nH]c2cn1. The summed E-state index contributed by atoms with van der Waals surface area (Å²) in [7, 11) is 0. The number of rotatable bonds is 5. The van der Waals surface area contributed by atoms with E-state index in [0.717, 1.165) is 33.5 Å². The zero-order valence-corrected chi connectivity index (χ0v) is 14.9. The number of anilines is 2. The molecule has 1 saturated carbocycles. The Bertz CT molecular complexity index is 1110. The molecule has 0 aromatic carbocycles. The predicted molar refractivity (Wildman–Crippen MR) is 104 cm³/mol. The number of nitrogens with zero attached hydrogens (tertiary/aromatic N) is 4. The molecule has 5 rings (SSSR count). The average molecular weight is 360 g/mol. The third kappa shape index (κ3) is 2.99. The monoisotopic (exact) mass is 360 g/mol. The van der Waals surface area contributed by atoms with Crippen LogP contribution in [0.15, 0.2) is 36.8 Å². The van der Waals surface area contributed by atoms with Crippen molar-refractivity contribution in [1.82, 2.24) is 30.1 Å². The minimum Gasteiger partial charge on any atom is -0.383 e. The van der Waals surface area contributed by atoms with Gasteiger partial charge in [-0.3, -0.25) is 10.1 Å². The molecular formula is C19H20N8. The molecule has 0 saturated heterocycles. The Kier molecular flexibility index (Phi) is 3.56. The molecule has 136 valence electrons. The fraction of sp³-hybridized carbons (Fsp3) is 0.263. The van der Waals surface area contributed by atoms with Crippen molar-refractivity contribution in [3.63, 3.8) is 0 Å². The van der Waals surface area contributed by atoms with Crippen LogP contribution in [0.3, 0.4) is 0 Å². The molecule has 1 fully saturated rings. The van der Waals surface area contributed by atoms with Crippen molar-refractivity contribution in [2.45, 2.75) is 31.7 Å². The van der Waals surface area contributed by atoms with Crippen molar-refractivity contribution < 1.29 is 0 Å². The number of hydrogen-bond donors (Lipinski definition) is 4. The van der Waals surface area contributed by atoms with E-state index in [1.165, 1.54) is 12.8 Å². The molecule has 5 N–H and O–H groups in total. The third-order valence-electron chi connectivity index (χ3n) is 4.96. The standard InChI is InChI=1S/C19H20N8/c1-10(14-6-12-4-5-21-17(12)9-22-14)24-19-23-8-13(18(20)25-19)16-7-15(26-27-16)11-2-3-11/h4-11,21H,2-3H2,1H3,(H,26,27)(H3,20,23,24,25). The first-order chi connectivity index (χ1) is 13.2. The van der Waals surface area contributed by atoms with Gasteiger partial charge in [-0.05, 0) is 38.0 Å². The maximum Gasteiger partial charge on any atom is 0.225 e. The number of hydrogen-bond acceptors (Lipinski definition) is 6. The van der Waals surface area contributed by atoms with Crippen LogP contribution < -0.4 is 11.1 Å². The first-order valence-electron chi connectivity index (χ1n) is 9.05. The van der Waals surface area contributed by atoms with Gasteiger partial charge in [0.15, 0.2) is 0 Å². The molecule has 4 heterocycles. The van der Waals surface area contributed by atoms with Crippen molar-refractivity contribution in [2.75, 3.05) is 11.1 Å². The molecule has 1 atom stereocenters. The Balaban J connectivity index is 1.36. The lowest BCUT2D eigenvalue weighted by atomic mass is 10.2. The van der Waals surface area contributed by atoms with Gasteiger partial charge in [-0.1, -0.05) is 0 Å². The van der Waals surface area contributed by atoms with Crippen LogP contribution in [0.5, 0.6) is 0 Å². The number of aromatic amines is 2. The summed E-state index contributed by atoms with van der Waals surface area (Å²) in [6, 6.07) is 6.06. The molecule has 0 bridgehead atoms. The minimum absolute atomic E-state index is 0.0543. The minimum atomic E-state index is -0.0543. The molecule has 4 aromatic rings. The zero-order valence-electron chi connectivity index (χ0n) is 14.9. The van der Waals surface area contributed by atoms with Crippen LogP contribution in [-0.2, 0) is 0 Å². The lowest BCUT2D eigenvalue weighted by Gasteiger charge is -2.14. The second kappa shape index (κ2) is 6.08. The number of nitrogen functional groups attached to an aromatic ring is 1. The molecule has 8 heteroatoms. The summed E-state index contributed by atoms with van der Waals surface area (Å²) in [4.78, 5) is 16.5. The Morgan fingerprint density at radius 3 is 2.93 bits per heavy atom.